The van der Waals surface area contributed by atoms with E-state index in [1.165, 1.54) is 12.1 Å². The maximum atomic E-state index is 12.3. The Morgan fingerprint density at radius 3 is 2.44 bits per heavy atom. The van der Waals surface area contributed by atoms with Crippen LogP contribution in [0, 0.1) is 6.92 Å². The van der Waals surface area contributed by atoms with Gasteiger partial charge in [-0.1, -0.05) is 12.1 Å². The third kappa shape index (κ3) is 4.15. The molecule has 1 aromatic carbocycles. The highest BCUT2D eigenvalue weighted by molar-refractivity contribution is 5.94. The molecule has 25 heavy (non-hydrogen) atoms. The van der Waals surface area contributed by atoms with Crippen molar-refractivity contribution in [1.82, 2.24) is 15.2 Å². The first-order valence-corrected chi connectivity index (χ1v) is 8.40. The predicted octanol–water partition coefficient (Wildman–Crippen LogP) is 1.85. The van der Waals surface area contributed by atoms with Gasteiger partial charge in [0.05, 0.1) is 0 Å². The molecule has 2 heterocycles. The minimum atomic E-state index is -0.335. The highest BCUT2D eigenvalue weighted by atomic mass is 16.2. The van der Waals surface area contributed by atoms with E-state index < -0.39 is 0 Å². The summed E-state index contributed by atoms with van der Waals surface area (Å²) in [6.45, 7) is 3.71. The van der Waals surface area contributed by atoms with Crippen LogP contribution in [0.1, 0.15) is 44.9 Å². The zero-order valence-corrected chi connectivity index (χ0v) is 14.2. The van der Waals surface area contributed by atoms with Gasteiger partial charge in [0.25, 0.3) is 11.8 Å². The average molecular weight is 339 g/mol. The molecule has 0 atom stereocenters. The molecule has 6 nitrogen and oxygen atoms in total. The maximum Gasteiger partial charge on any atom is 0.268 e. The monoisotopic (exact) mass is 339 g/mol. The predicted molar refractivity (Wildman–Crippen MR) is 94.5 cm³/mol. The van der Waals surface area contributed by atoms with Crippen LogP contribution >= 0.6 is 0 Å². The van der Waals surface area contributed by atoms with Gasteiger partial charge in [-0.2, -0.15) is 0 Å². The Bertz CT molecular complexity index is 834. The van der Waals surface area contributed by atoms with Gasteiger partial charge in [0.15, 0.2) is 5.43 Å². The van der Waals surface area contributed by atoms with Gasteiger partial charge in [-0.05, 0) is 37.5 Å². The number of aryl methyl sites for hydroxylation is 1. The van der Waals surface area contributed by atoms with E-state index in [1.807, 2.05) is 17.0 Å². The standard InChI is InChI=1S/C19H21N3O3/c1-13-10-16(23)11-17(21-13)18(24)20-12-14-4-6-15(7-5-14)19(25)22-8-2-3-9-22/h4-7,10-11H,2-3,8-9,12H2,1H3,(H,20,24)(H,21,23). The maximum absolute atomic E-state index is 12.3. The van der Waals surface area contributed by atoms with E-state index in [9.17, 15) is 14.4 Å². The highest BCUT2D eigenvalue weighted by Gasteiger charge is 2.19. The minimum Gasteiger partial charge on any atom is -0.354 e. The number of hydrogen-bond donors (Lipinski definition) is 2. The lowest BCUT2D eigenvalue weighted by molar-refractivity contribution is 0.0792. The van der Waals surface area contributed by atoms with E-state index in [0.717, 1.165) is 31.5 Å². The molecule has 130 valence electrons. The molecule has 0 unspecified atom stereocenters. The van der Waals surface area contributed by atoms with Crippen molar-refractivity contribution < 1.29 is 9.59 Å². The molecule has 1 aliphatic heterocycles. The van der Waals surface area contributed by atoms with Gasteiger partial charge in [-0.3, -0.25) is 14.4 Å². The van der Waals surface area contributed by atoms with Crippen molar-refractivity contribution in [2.75, 3.05) is 13.1 Å². The van der Waals surface area contributed by atoms with Crippen molar-refractivity contribution in [3.05, 3.63) is 69.1 Å². The number of rotatable bonds is 4. The Hall–Kier alpha value is -2.89. The summed E-state index contributed by atoms with van der Waals surface area (Å²) in [5, 5.41) is 2.77. The fraction of sp³-hybridized carbons (Fsp3) is 0.316. The Morgan fingerprint density at radius 1 is 1.12 bits per heavy atom. The van der Waals surface area contributed by atoms with Crippen LogP contribution < -0.4 is 10.7 Å². The lowest BCUT2D eigenvalue weighted by Gasteiger charge is -2.15. The van der Waals surface area contributed by atoms with Gasteiger partial charge in [-0.25, -0.2) is 0 Å². The molecule has 6 heteroatoms. The molecule has 0 spiro atoms. The molecule has 2 amide bonds. The quantitative estimate of drug-likeness (QED) is 0.892. The zero-order chi connectivity index (χ0) is 17.8. The van der Waals surface area contributed by atoms with Gasteiger partial charge in [0.2, 0.25) is 0 Å². The number of carbonyl (C=O) groups is 2. The molecule has 1 aromatic heterocycles. The highest BCUT2D eigenvalue weighted by Crippen LogP contribution is 2.13. The molecule has 0 saturated carbocycles. The smallest absolute Gasteiger partial charge is 0.268 e. The second-order valence-electron chi connectivity index (χ2n) is 6.29. The Morgan fingerprint density at radius 2 is 1.80 bits per heavy atom. The van der Waals surface area contributed by atoms with Crippen molar-refractivity contribution in [2.45, 2.75) is 26.3 Å². The van der Waals surface area contributed by atoms with Gasteiger partial charge >= 0.3 is 0 Å². The fourth-order valence-electron chi connectivity index (χ4n) is 2.95. The third-order valence-corrected chi connectivity index (χ3v) is 4.27. The number of nitrogens with one attached hydrogen (secondary N) is 2. The van der Waals surface area contributed by atoms with Crippen LogP contribution in [0.2, 0.25) is 0 Å². The van der Waals surface area contributed by atoms with Crippen molar-refractivity contribution in [1.29, 1.82) is 0 Å². The zero-order valence-electron chi connectivity index (χ0n) is 14.2. The van der Waals surface area contributed by atoms with Crippen molar-refractivity contribution >= 4 is 11.8 Å². The van der Waals surface area contributed by atoms with E-state index in [-0.39, 0.29) is 22.9 Å². The molecular weight excluding hydrogens is 318 g/mol. The minimum absolute atomic E-state index is 0.0606. The second-order valence-corrected chi connectivity index (χ2v) is 6.29. The summed E-state index contributed by atoms with van der Waals surface area (Å²) >= 11 is 0. The van der Waals surface area contributed by atoms with E-state index >= 15 is 0 Å². The van der Waals surface area contributed by atoms with Crippen LogP contribution in [0.4, 0.5) is 0 Å². The van der Waals surface area contributed by atoms with Crippen LogP contribution in [-0.4, -0.2) is 34.8 Å². The molecule has 2 N–H and O–H groups in total. The Labute approximate surface area is 145 Å². The van der Waals surface area contributed by atoms with Crippen LogP contribution in [0.3, 0.4) is 0 Å². The largest absolute Gasteiger partial charge is 0.354 e. The molecule has 0 aliphatic carbocycles. The lowest BCUT2D eigenvalue weighted by Crippen LogP contribution is -2.27. The summed E-state index contributed by atoms with van der Waals surface area (Å²) in [6, 6.07) is 9.96. The summed E-state index contributed by atoms with van der Waals surface area (Å²) in [5.74, 6) is -0.275. The van der Waals surface area contributed by atoms with Gasteiger partial charge in [0, 0.05) is 43.0 Å². The van der Waals surface area contributed by atoms with Gasteiger partial charge in [-0.15, -0.1) is 0 Å². The molecular formula is C19H21N3O3. The van der Waals surface area contributed by atoms with Crippen LogP contribution in [0.15, 0.2) is 41.2 Å². The normalized spacial score (nSPS) is 13.7. The first-order valence-electron chi connectivity index (χ1n) is 8.40. The average Bonchev–Trinajstić information content (AvgIpc) is 3.13. The number of carbonyl (C=O) groups excluding carboxylic acids is 2. The van der Waals surface area contributed by atoms with Crippen LogP contribution in [-0.2, 0) is 6.54 Å². The lowest BCUT2D eigenvalue weighted by atomic mass is 10.1. The number of aromatic nitrogens is 1. The van der Waals surface area contributed by atoms with E-state index in [1.54, 1.807) is 19.1 Å². The number of aromatic amines is 1. The molecule has 2 aromatic rings. The molecule has 3 rings (SSSR count). The number of hydrogen-bond acceptors (Lipinski definition) is 3. The molecule has 1 aliphatic rings. The van der Waals surface area contributed by atoms with Gasteiger partial charge in [0.1, 0.15) is 5.69 Å². The summed E-state index contributed by atoms with van der Waals surface area (Å²) in [6.07, 6.45) is 2.13. The van der Waals surface area contributed by atoms with Crippen molar-refractivity contribution in [3.8, 4) is 0 Å². The summed E-state index contributed by atoms with van der Waals surface area (Å²) < 4.78 is 0. The first kappa shape index (κ1) is 17.0. The summed E-state index contributed by atoms with van der Waals surface area (Å²) in [5.41, 5.74) is 2.24. The Kier molecular flexibility index (Phi) is 4.97. The number of pyridine rings is 1. The van der Waals surface area contributed by atoms with E-state index in [0.29, 0.717) is 17.8 Å². The molecule has 0 radical (unpaired) electrons. The SMILES string of the molecule is Cc1cc(=O)cc(C(=O)NCc2ccc(C(=O)N3CCCC3)cc2)[nH]1. The van der Waals surface area contributed by atoms with Crippen LogP contribution in [0.25, 0.3) is 0 Å². The fourth-order valence-corrected chi connectivity index (χ4v) is 2.95. The number of nitrogens with zero attached hydrogens (tertiary/aromatic N) is 1. The Balaban J connectivity index is 1.60. The van der Waals surface area contributed by atoms with Crippen molar-refractivity contribution in [2.24, 2.45) is 0 Å². The van der Waals surface area contributed by atoms with Gasteiger partial charge < -0.3 is 15.2 Å². The third-order valence-electron chi connectivity index (χ3n) is 4.27. The molecule has 0 bridgehead atoms. The van der Waals surface area contributed by atoms with E-state index in [4.69, 9.17) is 0 Å². The summed E-state index contributed by atoms with van der Waals surface area (Å²) in [7, 11) is 0. The molecule has 1 fully saturated rings. The summed E-state index contributed by atoms with van der Waals surface area (Å²) in [4.78, 5) is 40.6. The molecule has 1 saturated heterocycles. The van der Waals surface area contributed by atoms with E-state index in [2.05, 4.69) is 10.3 Å². The number of benzene rings is 1. The number of likely N-dealkylation sites (tertiary alicyclic amines) is 1. The topological polar surface area (TPSA) is 82.3 Å². The van der Waals surface area contributed by atoms with Crippen LogP contribution in [0.5, 0.6) is 0 Å². The van der Waals surface area contributed by atoms with Crippen molar-refractivity contribution in [3.63, 3.8) is 0 Å². The number of H-pyrrole nitrogens is 1. The first-order chi connectivity index (χ1) is 12.0. The number of amides is 2. The second kappa shape index (κ2) is 7.34.